The van der Waals surface area contributed by atoms with E-state index in [0.717, 1.165) is 5.56 Å². The van der Waals surface area contributed by atoms with Crippen LogP contribution in [0.15, 0.2) is 42.5 Å². The van der Waals surface area contributed by atoms with Crippen molar-refractivity contribution in [3.05, 3.63) is 53.6 Å². The van der Waals surface area contributed by atoms with E-state index in [1.807, 2.05) is 18.2 Å². The molecular formula is C20H23NO6. The molecule has 7 heteroatoms. The Balaban J connectivity index is 1.74. The van der Waals surface area contributed by atoms with Gasteiger partial charge >= 0.3 is 5.97 Å². The molecule has 0 aromatic heterocycles. The Morgan fingerprint density at radius 3 is 2.26 bits per heavy atom. The van der Waals surface area contributed by atoms with E-state index < -0.39 is 5.97 Å². The molecule has 0 aliphatic rings. The number of rotatable bonds is 10. The molecule has 2 aromatic carbocycles. The van der Waals surface area contributed by atoms with Gasteiger partial charge in [0.2, 0.25) is 0 Å². The van der Waals surface area contributed by atoms with Crippen LogP contribution < -0.4 is 19.5 Å². The van der Waals surface area contributed by atoms with Crippen LogP contribution in [0.2, 0.25) is 0 Å². The largest absolute Gasteiger partial charge is 0.493 e. The van der Waals surface area contributed by atoms with Crippen LogP contribution in [0.4, 0.5) is 0 Å². The number of carboxylic acid groups (broad SMARTS) is 1. The summed E-state index contributed by atoms with van der Waals surface area (Å²) >= 11 is 0. The number of aliphatic carboxylic acids is 1. The predicted octanol–water partition coefficient (Wildman–Crippen LogP) is 2.07. The topological polar surface area (TPSA) is 94.1 Å². The molecule has 144 valence electrons. The van der Waals surface area contributed by atoms with Crippen LogP contribution in [-0.4, -0.2) is 44.4 Å². The molecule has 2 aromatic rings. The van der Waals surface area contributed by atoms with Gasteiger partial charge in [-0.3, -0.25) is 9.59 Å². The van der Waals surface area contributed by atoms with Crippen LogP contribution in [0.5, 0.6) is 17.2 Å². The van der Waals surface area contributed by atoms with E-state index in [-0.39, 0.29) is 18.9 Å². The Morgan fingerprint density at radius 1 is 0.963 bits per heavy atom. The summed E-state index contributed by atoms with van der Waals surface area (Å²) < 4.78 is 15.9. The fraction of sp³-hybridized carbons (Fsp3) is 0.300. The summed E-state index contributed by atoms with van der Waals surface area (Å²) in [5, 5.41) is 11.5. The van der Waals surface area contributed by atoms with E-state index in [1.54, 1.807) is 38.5 Å². The second-order valence-electron chi connectivity index (χ2n) is 5.79. The third-order valence-electron chi connectivity index (χ3n) is 3.83. The van der Waals surface area contributed by atoms with Gasteiger partial charge in [-0.15, -0.1) is 0 Å². The number of carbonyl (C=O) groups is 2. The van der Waals surface area contributed by atoms with E-state index in [9.17, 15) is 9.59 Å². The molecule has 0 heterocycles. The summed E-state index contributed by atoms with van der Waals surface area (Å²) in [6.07, 6.45) is 0.604. The van der Waals surface area contributed by atoms with Gasteiger partial charge < -0.3 is 24.6 Å². The van der Waals surface area contributed by atoms with Crippen molar-refractivity contribution in [3.63, 3.8) is 0 Å². The third kappa shape index (κ3) is 6.54. The normalized spacial score (nSPS) is 10.1. The predicted molar refractivity (Wildman–Crippen MR) is 99.5 cm³/mol. The number of hydrogen-bond donors (Lipinski definition) is 2. The fourth-order valence-corrected chi connectivity index (χ4v) is 2.46. The molecule has 1 amide bonds. The van der Waals surface area contributed by atoms with Gasteiger partial charge in [-0.2, -0.15) is 0 Å². The lowest BCUT2D eigenvalue weighted by Gasteiger charge is -2.10. The summed E-state index contributed by atoms with van der Waals surface area (Å²) in [6.45, 7) is 0.361. The summed E-state index contributed by atoms with van der Waals surface area (Å²) in [6, 6.07) is 12.2. The van der Waals surface area contributed by atoms with Crippen LogP contribution in [0, 0.1) is 0 Å². The van der Waals surface area contributed by atoms with E-state index in [4.69, 9.17) is 19.3 Å². The Kier molecular flexibility index (Phi) is 7.49. The molecule has 0 radical (unpaired) electrons. The molecule has 0 spiro atoms. The number of hydrogen-bond acceptors (Lipinski definition) is 5. The molecule has 0 saturated carbocycles. The minimum Gasteiger partial charge on any atom is -0.493 e. The summed E-state index contributed by atoms with van der Waals surface area (Å²) in [5.74, 6) is 0.700. The van der Waals surface area contributed by atoms with E-state index >= 15 is 0 Å². The Bertz CT molecular complexity index is 773. The number of benzene rings is 2. The molecule has 0 aliphatic heterocycles. The lowest BCUT2D eigenvalue weighted by molar-refractivity contribution is -0.136. The maximum atomic E-state index is 11.9. The zero-order valence-corrected chi connectivity index (χ0v) is 15.4. The highest BCUT2D eigenvalue weighted by atomic mass is 16.5. The molecule has 7 nitrogen and oxygen atoms in total. The highest BCUT2D eigenvalue weighted by Gasteiger charge is 2.07. The first-order valence-electron chi connectivity index (χ1n) is 8.43. The van der Waals surface area contributed by atoms with Crippen molar-refractivity contribution >= 4 is 11.9 Å². The molecular weight excluding hydrogens is 350 g/mol. The molecule has 2 rings (SSSR count). The standard InChI is InChI=1S/C20H23NO6/c1-25-17-8-5-15(11-18(17)26-2)9-10-21-19(22)13-27-16-6-3-14(4-7-16)12-20(23)24/h3-8,11H,9-10,12-13H2,1-2H3,(H,21,22)(H,23,24). The van der Waals surface area contributed by atoms with E-state index in [1.165, 1.54) is 0 Å². The number of carbonyl (C=O) groups excluding carboxylic acids is 1. The van der Waals surface area contributed by atoms with Gasteiger partial charge in [0.25, 0.3) is 5.91 Å². The lowest BCUT2D eigenvalue weighted by Crippen LogP contribution is -2.30. The average Bonchev–Trinajstić information content (AvgIpc) is 2.67. The Labute approximate surface area is 157 Å². The first kappa shape index (κ1) is 20.1. The average molecular weight is 373 g/mol. The van der Waals surface area contributed by atoms with Gasteiger partial charge in [0.15, 0.2) is 18.1 Å². The van der Waals surface area contributed by atoms with Crippen LogP contribution >= 0.6 is 0 Å². The van der Waals surface area contributed by atoms with E-state index in [0.29, 0.717) is 35.8 Å². The molecule has 2 N–H and O–H groups in total. The van der Waals surface area contributed by atoms with Gasteiger partial charge in [0.1, 0.15) is 5.75 Å². The highest BCUT2D eigenvalue weighted by molar-refractivity contribution is 5.77. The van der Waals surface area contributed by atoms with Gasteiger partial charge in [-0.1, -0.05) is 18.2 Å². The van der Waals surface area contributed by atoms with Crippen molar-refractivity contribution in [2.75, 3.05) is 27.4 Å². The van der Waals surface area contributed by atoms with Gasteiger partial charge in [0.05, 0.1) is 20.6 Å². The van der Waals surface area contributed by atoms with Crippen molar-refractivity contribution in [2.45, 2.75) is 12.8 Å². The van der Waals surface area contributed by atoms with Crippen LogP contribution in [0.25, 0.3) is 0 Å². The lowest BCUT2D eigenvalue weighted by atomic mass is 10.1. The second kappa shape index (κ2) is 10.1. The molecule has 0 unspecified atom stereocenters. The molecule has 0 saturated heterocycles. The first-order chi connectivity index (χ1) is 13.0. The van der Waals surface area contributed by atoms with Crippen molar-refractivity contribution in [3.8, 4) is 17.2 Å². The quantitative estimate of drug-likeness (QED) is 0.662. The summed E-state index contributed by atoms with van der Waals surface area (Å²) in [4.78, 5) is 22.5. The molecule has 0 bridgehead atoms. The number of nitrogens with one attached hydrogen (secondary N) is 1. The smallest absolute Gasteiger partial charge is 0.307 e. The van der Waals surface area contributed by atoms with Crippen molar-refractivity contribution < 1.29 is 28.9 Å². The first-order valence-corrected chi connectivity index (χ1v) is 8.43. The maximum Gasteiger partial charge on any atom is 0.307 e. The molecule has 0 aliphatic carbocycles. The summed E-state index contributed by atoms with van der Waals surface area (Å²) in [7, 11) is 3.16. The van der Waals surface area contributed by atoms with Gasteiger partial charge in [0, 0.05) is 6.54 Å². The SMILES string of the molecule is COc1ccc(CCNC(=O)COc2ccc(CC(=O)O)cc2)cc1OC. The number of ether oxygens (including phenoxy) is 3. The van der Waals surface area contributed by atoms with Crippen LogP contribution in [0.3, 0.4) is 0 Å². The van der Waals surface area contributed by atoms with Crippen molar-refractivity contribution in [1.82, 2.24) is 5.32 Å². The van der Waals surface area contributed by atoms with E-state index in [2.05, 4.69) is 5.32 Å². The number of carboxylic acids is 1. The van der Waals surface area contributed by atoms with Crippen LogP contribution in [0.1, 0.15) is 11.1 Å². The van der Waals surface area contributed by atoms with Gasteiger partial charge in [-0.25, -0.2) is 0 Å². The highest BCUT2D eigenvalue weighted by Crippen LogP contribution is 2.27. The van der Waals surface area contributed by atoms with Crippen LogP contribution in [-0.2, 0) is 22.4 Å². The second-order valence-corrected chi connectivity index (χ2v) is 5.79. The number of methoxy groups -OCH3 is 2. The molecule has 0 atom stereocenters. The molecule has 27 heavy (non-hydrogen) atoms. The number of amides is 1. The minimum atomic E-state index is -0.891. The Morgan fingerprint density at radius 2 is 1.63 bits per heavy atom. The van der Waals surface area contributed by atoms with Crippen molar-refractivity contribution in [2.24, 2.45) is 0 Å². The third-order valence-corrected chi connectivity index (χ3v) is 3.83. The zero-order chi connectivity index (χ0) is 19.6. The Hall–Kier alpha value is -3.22. The maximum absolute atomic E-state index is 11.9. The fourth-order valence-electron chi connectivity index (χ4n) is 2.46. The monoisotopic (exact) mass is 373 g/mol. The minimum absolute atomic E-state index is 0.0447. The molecule has 0 fully saturated rings. The van der Waals surface area contributed by atoms with Crippen molar-refractivity contribution in [1.29, 1.82) is 0 Å². The zero-order valence-electron chi connectivity index (χ0n) is 15.4. The van der Waals surface area contributed by atoms with Gasteiger partial charge in [-0.05, 0) is 41.8 Å². The summed E-state index contributed by atoms with van der Waals surface area (Å²) in [5.41, 5.74) is 1.69.